The second-order valence-corrected chi connectivity index (χ2v) is 10.2. The maximum Gasteiger partial charge on any atom is 0.0831 e. The van der Waals surface area contributed by atoms with Crippen molar-refractivity contribution in [2.24, 2.45) is 0 Å². The van der Waals surface area contributed by atoms with Gasteiger partial charge in [-0.2, -0.15) is 0 Å². The number of hydrogen-bond acceptors (Lipinski definition) is 2. The average molecular weight is 449 g/mol. The van der Waals surface area contributed by atoms with Gasteiger partial charge in [0, 0.05) is 45.4 Å². The molecular formula is C31H32N2O. The van der Waals surface area contributed by atoms with Crippen LogP contribution in [0.15, 0.2) is 54.7 Å². The van der Waals surface area contributed by atoms with Crippen LogP contribution in [0.4, 0.5) is 5.69 Å². The molecule has 2 atom stereocenters. The van der Waals surface area contributed by atoms with Gasteiger partial charge in [-0.3, -0.25) is 0 Å². The summed E-state index contributed by atoms with van der Waals surface area (Å²) in [5.74, 6) is 6.95. The number of nitrogens with one attached hydrogen (secondary N) is 2. The fourth-order valence-electron chi connectivity index (χ4n) is 5.35. The number of benzene rings is 3. The normalized spacial score (nSPS) is 18.7. The van der Waals surface area contributed by atoms with Crippen molar-refractivity contribution in [3.05, 3.63) is 88.1 Å². The third-order valence-electron chi connectivity index (χ3n) is 7.36. The third kappa shape index (κ3) is 3.50. The van der Waals surface area contributed by atoms with Crippen LogP contribution in [0.25, 0.3) is 22.0 Å². The van der Waals surface area contributed by atoms with Gasteiger partial charge in [-0.1, -0.05) is 55.2 Å². The Morgan fingerprint density at radius 1 is 0.882 bits per heavy atom. The molecule has 34 heavy (non-hydrogen) atoms. The summed E-state index contributed by atoms with van der Waals surface area (Å²) in [6, 6.07) is 16.9. The van der Waals surface area contributed by atoms with E-state index >= 15 is 0 Å². The van der Waals surface area contributed by atoms with Gasteiger partial charge in [0.1, 0.15) is 0 Å². The van der Waals surface area contributed by atoms with E-state index in [0.29, 0.717) is 0 Å². The molecule has 1 aromatic heterocycles. The van der Waals surface area contributed by atoms with Crippen LogP contribution in [-0.4, -0.2) is 21.7 Å². The second kappa shape index (κ2) is 8.08. The maximum atomic E-state index is 11.2. The summed E-state index contributed by atoms with van der Waals surface area (Å²) in [5, 5.41) is 16.1. The van der Waals surface area contributed by atoms with E-state index in [0.717, 1.165) is 44.6 Å². The number of anilines is 1. The van der Waals surface area contributed by atoms with E-state index in [1.807, 2.05) is 12.1 Å². The Bertz CT molecular complexity index is 1480. The van der Waals surface area contributed by atoms with Crippen molar-refractivity contribution in [2.75, 3.05) is 5.32 Å². The lowest BCUT2D eigenvalue weighted by Crippen LogP contribution is -2.50. The Kier molecular flexibility index (Phi) is 5.30. The molecule has 3 aromatic carbocycles. The van der Waals surface area contributed by atoms with Crippen LogP contribution < -0.4 is 5.32 Å². The molecule has 5 rings (SSSR count). The first-order chi connectivity index (χ1) is 16.2. The predicted octanol–water partition coefficient (Wildman–Crippen LogP) is 6.83. The molecule has 1 aliphatic heterocycles. The molecule has 172 valence electrons. The number of aliphatic hydroxyl groups is 1. The first kappa shape index (κ1) is 22.3. The number of H-pyrrole nitrogens is 1. The van der Waals surface area contributed by atoms with E-state index in [4.69, 9.17) is 0 Å². The Morgan fingerprint density at radius 2 is 1.65 bits per heavy atom. The molecule has 0 saturated carbocycles. The Balaban J connectivity index is 1.84. The standard InChI is InChI=1S/C31H32N2O/c1-18-10-7-8-11-22(18)14-15-24-26(25-13-9-12-23-20(3)17-32-29(23)25)16-19(2)28-27(24)21(4)30(34)31(5,6)33-28/h7-13,16-17,21,30,32-34H,1-6H3/t21-,30?/m0/s1. The first-order valence-corrected chi connectivity index (χ1v) is 12.0. The van der Waals surface area contributed by atoms with Crippen molar-refractivity contribution in [2.45, 2.75) is 59.1 Å². The van der Waals surface area contributed by atoms with Gasteiger partial charge >= 0.3 is 0 Å². The van der Waals surface area contributed by atoms with Crippen molar-refractivity contribution in [1.82, 2.24) is 4.98 Å². The van der Waals surface area contributed by atoms with E-state index < -0.39 is 11.6 Å². The summed E-state index contributed by atoms with van der Waals surface area (Å²) in [7, 11) is 0. The Hall–Kier alpha value is -3.48. The minimum Gasteiger partial charge on any atom is -0.390 e. The van der Waals surface area contributed by atoms with Gasteiger partial charge in [0.15, 0.2) is 0 Å². The number of aromatic nitrogens is 1. The van der Waals surface area contributed by atoms with Gasteiger partial charge in [-0.25, -0.2) is 0 Å². The molecule has 0 bridgehead atoms. The SMILES string of the molecule is Cc1ccccc1C#Cc1c(-c2cccc3c(C)c[nH]c23)cc(C)c2c1[C@H](C)C(O)C(C)(C)N2. The van der Waals surface area contributed by atoms with Gasteiger partial charge in [0.25, 0.3) is 0 Å². The van der Waals surface area contributed by atoms with Crippen LogP contribution in [0.3, 0.4) is 0 Å². The molecule has 0 fully saturated rings. The van der Waals surface area contributed by atoms with Crippen molar-refractivity contribution in [3.8, 4) is 23.0 Å². The van der Waals surface area contributed by atoms with Crippen molar-refractivity contribution in [1.29, 1.82) is 0 Å². The quantitative estimate of drug-likeness (QED) is 0.280. The number of fused-ring (bicyclic) bond motifs is 2. The minimum atomic E-state index is -0.530. The highest BCUT2D eigenvalue weighted by molar-refractivity contribution is 5.98. The van der Waals surface area contributed by atoms with Gasteiger partial charge in [-0.05, 0) is 69.0 Å². The van der Waals surface area contributed by atoms with Gasteiger partial charge in [0.2, 0.25) is 0 Å². The van der Waals surface area contributed by atoms with Crippen LogP contribution in [0, 0.1) is 32.6 Å². The highest BCUT2D eigenvalue weighted by Gasteiger charge is 2.40. The smallest absolute Gasteiger partial charge is 0.0831 e. The predicted molar refractivity (Wildman–Crippen MR) is 142 cm³/mol. The lowest BCUT2D eigenvalue weighted by Gasteiger charge is -2.43. The Labute approximate surface area is 202 Å². The molecule has 0 spiro atoms. The highest BCUT2D eigenvalue weighted by atomic mass is 16.3. The number of rotatable bonds is 1. The zero-order valence-electron chi connectivity index (χ0n) is 20.8. The number of aliphatic hydroxyl groups excluding tert-OH is 1. The molecule has 0 radical (unpaired) electrons. The molecule has 0 saturated heterocycles. The average Bonchev–Trinajstić information content (AvgIpc) is 3.19. The van der Waals surface area contributed by atoms with Crippen LogP contribution >= 0.6 is 0 Å². The largest absolute Gasteiger partial charge is 0.390 e. The molecule has 1 unspecified atom stereocenters. The molecular weight excluding hydrogens is 416 g/mol. The monoisotopic (exact) mass is 448 g/mol. The number of para-hydroxylation sites is 1. The molecule has 3 heteroatoms. The lowest BCUT2D eigenvalue weighted by molar-refractivity contribution is 0.0868. The number of aromatic amines is 1. The zero-order valence-corrected chi connectivity index (χ0v) is 20.8. The minimum absolute atomic E-state index is 0.0596. The van der Waals surface area contributed by atoms with Gasteiger partial charge in [-0.15, -0.1) is 0 Å². The molecule has 3 nitrogen and oxygen atoms in total. The summed E-state index contributed by atoms with van der Waals surface area (Å²) >= 11 is 0. The summed E-state index contributed by atoms with van der Waals surface area (Å²) in [6.07, 6.45) is 1.53. The highest BCUT2D eigenvalue weighted by Crippen LogP contribution is 2.46. The van der Waals surface area contributed by atoms with E-state index in [1.165, 1.54) is 16.5 Å². The molecule has 1 aliphatic rings. The fraction of sp³-hybridized carbons (Fsp3) is 0.290. The molecule has 3 N–H and O–H groups in total. The van der Waals surface area contributed by atoms with Crippen molar-refractivity contribution < 1.29 is 5.11 Å². The second-order valence-electron chi connectivity index (χ2n) is 10.2. The zero-order chi connectivity index (χ0) is 24.2. The first-order valence-electron chi connectivity index (χ1n) is 12.0. The molecule has 0 amide bonds. The van der Waals surface area contributed by atoms with E-state index in [-0.39, 0.29) is 5.92 Å². The number of aryl methyl sites for hydroxylation is 3. The van der Waals surface area contributed by atoms with Crippen LogP contribution in [0.1, 0.15) is 60.1 Å². The molecule has 4 aromatic rings. The van der Waals surface area contributed by atoms with Crippen LogP contribution in [0.5, 0.6) is 0 Å². The molecule has 0 aliphatic carbocycles. The summed E-state index contributed by atoms with van der Waals surface area (Å²) in [5.41, 5.74) is 10.7. The summed E-state index contributed by atoms with van der Waals surface area (Å²) in [6.45, 7) is 12.6. The van der Waals surface area contributed by atoms with Crippen LogP contribution in [0.2, 0.25) is 0 Å². The van der Waals surface area contributed by atoms with Crippen molar-refractivity contribution >= 4 is 16.6 Å². The van der Waals surface area contributed by atoms with Crippen molar-refractivity contribution in [3.63, 3.8) is 0 Å². The topological polar surface area (TPSA) is 48.0 Å². The maximum absolute atomic E-state index is 11.2. The number of hydrogen-bond donors (Lipinski definition) is 3. The Morgan fingerprint density at radius 3 is 2.41 bits per heavy atom. The summed E-state index contributed by atoms with van der Waals surface area (Å²) in [4.78, 5) is 3.48. The van der Waals surface area contributed by atoms with E-state index in [9.17, 15) is 5.11 Å². The van der Waals surface area contributed by atoms with E-state index in [1.54, 1.807) is 0 Å². The third-order valence-corrected chi connectivity index (χ3v) is 7.36. The van der Waals surface area contributed by atoms with Gasteiger partial charge < -0.3 is 15.4 Å². The summed E-state index contributed by atoms with van der Waals surface area (Å²) < 4.78 is 0. The lowest BCUT2D eigenvalue weighted by atomic mass is 9.75. The van der Waals surface area contributed by atoms with E-state index in [2.05, 4.69) is 106 Å². The fourth-order valence-corrected chi connectivity index (χ4v) is 5.35. The van der Waals surface area contributed by atoms with Gasteiger partial charge in [0.05, 0.1) is 17.2 Å². The molecule has 2 heterocycles. The van der Waals surface area contributed by atoms with Crippen LogP contribution in [-0.2, 0) is 0 Å².